The summed E-state index contributed by atoms with van der Waals surface area (Å²) >= 11 is 0. The second-order valence-corrected chi connectivity index (χ2v) is 10.3. The number of nitrogens with one attached hydrogen (secondary N) is 1. The molecule has 0 bridgehead atoms. The Hall–Kier alpha value is -2.72. The molecular weight excluding hydrogens is 479 g/mol. The van der Waals surface area contributed by atoms with Crippen molar-refractivity contribution < 1.29 is 29.0 Å². The van der Waals surface area contributed by atoms with Crippen LogP contribution in [-0.2, 0) is 14.4 Å². The van der Waals surface area contributed by atoms with E-state index in [4.69, 9.17) is 9.90 Å². The van der Waals surface area contributed by atoms with Gasteiger partial charge in [-0.2, -0.15) is 0 Å². The molecule has 37 heavy (non-hydrogen) atoms. The van der Waals surface area contributed by atoms with Crippen LogP contribution in [0.3, 0.4) is 0 Å². The van der Waals surface area contributed by atoms with Crippen LogP contribution in [0.25, 0.3) is 0 Å². The fraction of sp³-hybridized carbons (Fsp3) is 0.667. The highest BCUT2D eigenvalue weighted by Crippen LogP contribution is 2.39. The second-order valence-electron chi connectivity index (χ2n) is 10.3. The zero-order chi connectivity index (χ0) is 27.4. The first-order chi connectivity index (χ1) is 17.7. The lowest BCUT2D eigenvalue weighted by molar-refractivity contribution is -0.155. The highest BCUT2D eigenvalue weighted by molar-refractivity contribution is 5.79. The number of carboxylic acid groups (broad SMARTS) is 2. The van der Waals surface area contributed by atoms with E-state index >= 15 is 0 Å². The van der Waals surface area contributed by atoms with E-state index in [2.05, 4.69) is 29.0 Å². The number of amides is 1. The fourth-order valence-corrected chi connectivity index (χ4v) is 5.46. The van der Waals surface area contributed by atoms with Gasteiger partial charge in [0.15, 0.2) is 0 Å². The first kappa shape index (κ1) is 30.5. The number of carboxylic acids is 1. The SMILES string of the molecule is CCNCC(=O)N1CCC(C[C@@H](C)CCN2CCN(c3ccc(F)cc3)[C@H](C)C2)(C(=O)O)CC1.O=CO. The lowest BCUT2D eigenvalue weighted by atomic mass is 9.72. The minimum Gasteiger partial charge on any atom is -0.483 e. The Bertz CT molecular complexity index is 861. The highest BCUT2D eigenvalue weighted by Gasteiger charge is 2.43. The Morgan fingerprint density at radius 1 is 1.19 bits per heavy atom. The molecule has 3 N–H and O–H groups in total. The van der Waals surface area contributed by atoms with Gasteiger partial charge in [-0.3, -0.25) is 19.3 Å². The maximum absolute atomic E-state index is 13.3. The van der Waals surface area contributed by atoms with Crippen molar-refractivity contribution in [2.75, 3.05) is 57.3 Å². The molecule has 1 aromatic carbocycles. The van der Waals surface area contributed by atoms with Crippen LogP contribution in [0, 0.1) is 17.2 Å². The predicted octanol–water partition coefficient (Wildman–Crippen LogP) is 2.76. The van der Waals surface area contributed by atoms with Crippen LogP contribution in [0.4, 0.5) is 10.1 Å². The monoisotopic (exact) mass is 522 g/mol. The number of hydrogen-bond donors (Lipinski definition) is 3. The first-order valence-corrected chi connectivity index (χ1v) is 13.2. The predicted molar refractivity (Wildman–Crippen MR) is 141 cm³/mol. The van der Waals surface area contributed by atoms with Crippen molar-refractivity contribution in [3.8, 4) is 0 Å². The third kappa shape index (κ3) is 8.96. The zero-order valence-electron chi connectivity index (χ0n) is 22.4. The summed E-state index contributed by atoms with van der Waals surface area (Å²) in [6.07, 6.45) is 2.67. The highest BCUT2D eigenvalue weighted by atomic mass is 19.1. The molecule has 9 nitrogen and oxygen atoms in total. The minimum absolute atomic E-state index is 0.0581. The van der Waals surface area contributed by atoms with E-state index in [1.54, 1.807) is 4.90 Å². The van der Waals surface area contributed by atoms with Gasteiger partial charge >= 0.3 is 5.97 Å². The fourth-order valence-electron chi connectivity index (χ4n) is 5.46. The number of carbonyl (C=O) groups is 3. The third-order valence-corrected chi connectivity index (χ3v) is 7.60. The summed E-state index contributed by atoms with van der Waals surface area (Å²) in [7, 11) is 0. The molecule has 2 fully saturated rings. The van der Waals surface area contributed by atoms with E-state index in [-0.39, 0.29) is 18.2 Å². The molecule has 1 aromatic rings. The molecule has 2 atom stereocenters. The van der Waals surface area contributed by atoms with Crippen molar-refractivity contribution in [2.45, 2.75) is 52.5 Å². The molecule has 0 unspecified atom stereocenters. The first-order valence-electron chi connectivity index (χ1n) is 13.2. The van der Waals surface area contributed by atoms with Crippen LogP contribution < -0.4 is 10.2 Å². The molecular formula is C27H43FN4O5. The van der Waals surface area contributed by atoms with Gasteiger partial charge in [-0.15, -0.1) is 0 Å². The molecule has 0 aliphatic carbocycles. The topological polar surface area (TPSA) is 113 Å². The van der Waals surface area contributed by atoms with Crippen LogP contribution >= 0.6 is 0 Å². The maximum Gasteiger partial charge on any atom is 0.309 e. The Morgan fingerprint density at radius 3 is 2.35 bits per heavy atom. The van der Waals surface area contributed by atoms with E-state index in [9.17, 15) is 19.1 Å². The number of aliphatic carboxylic acids is 1. The molecule has 0 spiro atoms. The lowest BCUT2D eigenvalue weighted by Gasteiger charge is -2.42. The summed E-state index contributed by atoms with van der Waals surface area (Å²) in [6, 6.07) is 7.04. The molecule has 0 saturated carbocycles. The van der Waals surface area contributed by atoms with Gasteiger partial charge in [-0.05, 0) is 75.9 Å². The zero-order valence-corrected chi connectivity index (χ0v) is 22.4. The van der Waals surface area contributed by atoms with Crippen LogP contribution in [0.1, 0.15) is 46.5 Å². The number of hydrogen-bond acceptors (Lipinski definition) is 6. The summed E-state index contributed by atoms with van der Waals surface area (Å²) in [4.78, 5) is 39.5. The van der Waals surface area contributed by atoms with Crippen molar-refractivity contribution in [3.05, 3.63) is 30.1 Å². The van der Waals surface area contributed by atoms with E-state index in [0.29, 0.717) is 50.9 Å². The van der Waals surface area contributed by atoms with Gasteiger partial charge in [-0.1, -0.05) is 13.8 Å². The van der Waals surface area contributed by atoms with Crippen molar-refractivity contribution in [1.29, 1.82) is 0 Å². The summed E-state index contributed by atoms with van der Waals surface area (Å²) in [5.74, 6) is -0.582. The number of halogens is 1. The Morgan fingerprint density at radius 2 is 1.81 bits per heavy atom. The number of rotatable bonds is 10. The second kappa shape index (κ2) is 14.9. The molecule has 0 radical (unpaired) electrons. The van der Waals surface area contributed by atoms with Gasteiger partial charge in [0.1, 0.15) is 5.82 Å². The van der Waals surface area contributed by atoms with Crippen LogP contribution in [0.2, 0.25) is 0 Å². The number of piperazine rings is 1. The van der Waals surface area contributed by atoms with Gasteiger partial charge in [0, 0.05) is 44.5 Å². The number of piperidine rings is 1. The quantitative estimate of drug-likeness (QED) is 0.402. The molecule has 1 amide bonds. The van der Waals surface area contributed by atoms with Crippen molar-refractivity contribution in [1.82, 2.24) is 15.1 Å². The van der Waals surface area contributed by atoms with Crippen molar-refractivity contribution in [3.63, 3.8) is 0 Å². The van der Waals surface area contributed by atoms with E-state index in [1.807, 2.05) is 19.1 Å². The van der Waals surface area contributed by atoms with Crippen molar-refractivity contribution in [2.24, 2.45) is 11.3 Å². The molecule has 10 heteroatoms. The molecule has 2 aliphatic rings. The maximum atomic E-state index is 13.3. The van der Waals surface area contributed by atoms with Crippen molar-refractivity contribution >= 4 is 24.0 Å². The number of likely N-dealkylation sites (N-methyl/N-ethyl adjacent to an activating group) is 1. The Kier molecular flexibility index (Phi) is 12.3. The van der Waals surface area contributed by atoms with Crippen LogP contribution in [0.5, 0.6) is 0 Å². The van der Waals surface area contributed by atoms with Gasteiger partial charge in [0.05, 0.1) is 12.0 Å². The summed E-state index contributed by atoms with van der Waals surface area (Å²) in [5, 5.41) is 20.0. The molecule has 3 rings (SSSR count). The lowest BCUT2D eigenvalue weighted by Crippen LogP contribution is -2.52. The van der Waals surface area contributed by atoms with Gasteiger partial charge in [0.25, 0.3) is 6.47 Å². The van der Waals surface area contributed by atoms with E-state index < -0.39 is 11.4 Å². The summed E-state index contributed by atoms with van der Waals surface area (Å²) in [6.45, 7) is 11.9. The summed E-state index contributed by atoms with van der Waals surface area (Å²) in [5.41, 5.74) is 0.323. The number of nitrogens with zero attached hydrogens (tertiary/aromatic N) is 3. The molecule has 2 aliphatic heterocycles. The number of likely N-dealkylation sites (tertiary alicyclic amines) is 1. The third-order valence-electron chi connectivity index (χ3n) is 7.60. The average molecular weight is 523 g/mol. The minimum atomic E-state index is -0.733. The standard InChI is InChI=1S/C26H41FN4O3.CH2O2/c1-4-28-18-24(32)30-13-10-26(11-14-30,25(33)34)17-20(2)9-12-29-15-16-31(21(3)19-29)23-7-5-22(27)6-8-23;2-1-3/h5-8,20-21,28H,4,9-19H2,1-3H3,(H,33,34);1H,(H,2,3)/t20-,21+;/m0./s1. The molecule has 0 aromatic heterocycles. The summed E-state index contributed by atoms with van der Waals surface area (Å²) < 4.78 is 13.3. The smallest absolute Gasteiger partial charge is 0.309 e. The largest absolute Gasteiger partial charge is 0.483 e. The van der Waals surface area contributed by atoms with Crippen LogP contribution in [0.15, 0.2) is 24.3 Å². The Labute approximate surface area is 219 Å². The number of carbonyl (C=O) groups excluding carboxylic acids is 1. The van der Waals surface area contributed by atoms with Gasteiger partial charge in [-0.25, -0.2) is 4.39 Å². The normalized spacial score (nSPS) is 20.5. The molecule has 2 heterocycles. The number of anilines is 1. The average Bonchev–Trinajstić information content (AvgIpc) is 2.87. The molecule has 2 saturated heterocycles. The van der Waals surface area contributed by atoms with Gasteiger partial charge < -0.3 is 25.3 Å². The van der Waals surface area contributed by atoms with E-state index in [0.717, 1.165) is 44.8 Å². The van der Waals surface area contributed by atoms with E-state index in [1.165, 1.54) is 12.1 Å². The molecule has 208 valence electrons. The van der Waals surface area contributed by atoms with Gasteiger partial charge in [0.2, 0.25) is 5.91 Å². The van der Waals surface area contributed by atoms with Crippen LogP contribution in [-0.4, -0.2) is 96.8 Å². The number of benzene rings is 1. The Balaban J connectivity index is 0.00000153.